The van der Waals surface area contributed by atoms with Crippen LogP contribution in [0.1, 0.15) is 18.4 Å². The predicted molar refractivity (Wildman–Crippen MR) is 55.7 cm³/mol. The third-order valence-corrected chi connectivity index (χ3v) is 3.81. The normalized spacial score (nSPS) is 16.6. The Morgan fingerprint density at radius 2 is 2.13 bits per heavy atom. The molecule has 2 rings (SSSR count). The fourth-order valence-corrected chi connectivity index (χ4v) is 2.67. The van der Waals surface area contributed by atoms with Crippen LogP contribution in [0, 0.1) is 0 Å². The molecule has 2 N–H and O–H groups in total. The van der Waals surface area contributed by atoms with Crippen LogP contribution in [-0.2, 0) is 16.6 Å². The fourth-order valence-electron chi connectivity index (χ4n) is 1.30. The summed E-state index contributed by atoms with van der Waals surface area (Å²) in [6.07, 6.45) is 1.83. The molecule has 0 aromatic heterocycles. The first-order valence-electron chi connectivity index (χ1n) is 4.84. The number of sulfonamides is 1. The molecule has 0 atom stereocenters. The minimum Gasteiger partial charge on any atom is -0.392 e. The second-order valence-corrected chi connectivity index (χ2v) is 5.42. The van der Waals surface area contributed by atoms with Gasteiger partial charge in [0.15, 0.2) is 0 Å². The largest absolute Gasteiger partial charge is 0.392 e. The van der Waals surface area contributed by atoms with Gasteiger partial charge in [0.05, 0.1) is 11.5 Å². The van der Waals surface area contributed by atoms with Crippen molar-refractivity contribution >= 4 is 10.0 Å². The van der Waals surface area contributed by atoms with E-state index in [-0.39, 0.29) is 17.5 Å². The Hall–Kier alpha value is -0.910. The summed E-state index contributed by atoms with van der Waals surface area (Å²) in [4.78, 5) is 0.223. The van der Waals surface area contributed by atoms with Crippen molar-refractivity contribution in [2.75, 3.05) is 0 Å². The lowest BCUT2D eigenvalue weighted by Gasteiger charge is -2.06. The van der Waals surface area contributed by atoms with Crippen LogP contribution in [0.25, 0.3) is 0 Å². The van der Waals surface area contributed by atoms with Crippen molar-refractivity contribution < 1.29 is 13.5 Å². The lowest BCUT2D eigenvalue weighted by atomic mass is 10.2. The van der Waals surface area contributed by atoms with Crippen LogP contribution in [0.5, 0.6) is 0 Å². The molecule has 82 valence electrons. The molecule has 0 aliphatic heterocycles. The summed E-state index contributed by atoms with van der Waals surface area (Å²) in [5.41, 5.74) is 0.605. The second kappa shape index (κ2) is 3.92. The van der Waals surface area contributed by atoms with E-state index in [9.17, 15) is 8.42 Å². The van der Waals surface area contributed by atoms with E-state index in [0.29, 0.717) is 5.56 Å². The quantitative estimate of drug-likeness (QED) is 0.792. The van der Waals surface area contributed by atoms with Crippen molar-refractivity contribution in [1.82, 2.24) is 4.72 Å². The molecule has 0 heterocycles. The van der Waals surface area contributed by atoms with E-state index in [4.69, 9.17) is 5.11 Å². The molecule has 1 aromatic carbocycles. The maximum Gasteiger partial charge on any atom is 0.240 e. The van der Waals surface area contributed by atoms with Gasteiger partial charge < -0.3 is 5.11 Å². The molecule has 0 radical (unpaired) electrons. The summed E-state index contributed by atoms with van der Waals surface area (Å²) in [5.74, 6) is 0. The zero-order chi connectivity index (χ0) is 10.9. The van der Waals surface area contributed by atoms with Gasteiger partial charge in [0, 0.05) is 6.04 Å². The van der Waals surface area contributed by atoms with Gasteiger partial charge in [0.1, 0.15) is 0 Å². The van der Waals surface area contributed by atoms with E-state index in [2.05, 4.69) is 4.72 Å². The zero-order valence-electron chi connectivity index (χ0n) is 8.18. The molecule has 1 aromatic rings. The van der Waals surface area contributed by atoms with Crippen LogP contribution in [0.2, 0.25) is 0 Å². The summed E-state index contributed by atoms with van der Waals surface area (Å²) in [7, 11) is -3.39. The van der Waals surface area contributed by atoms with Crippen LogP contribution >= 0.6 is 0 Å². The highest BCUT2D eigenvalue weighted by molar-refractivity contribution is 7.89. The molecule has 15 heavy (non-hydrogen) atoms. The van der Waals surface area contributed by atoms with Gasteiger partial charge in [0.25, 0.3) is 0 Å². The van der Waals surface area contributed by atoms with Crippen molar-refractivity contribution in [1.29, 1.82) is 0 Å². The number of aliphatic hydroxyl groups excluding tert-OH is 1. The monoisotopic (exact) mass is 227 g/mol. The smallest absolute Gasteiger partial charge is 0.240 e. The topological polar surface area (TPSA) is 66.4 Å². The Kier molecular flexibility index (Phi) is 2.77. The summed E-state index contributed by atoms with van der Waals surface area (Å²) in [5, 5.41) is 8.91. The van der Waals surface area contributed by atoms with Crippen molar-refractivity contribution in [3.05, 3.63) is 29.8 Å². The number of benzene rings is 1. The Morgan fingerprint density at radius 3 is 2.73 bits per heavy atom. The average molecular weight is 227 g/mol. The molecule has 0 bridgehead atoms. The fraction of sp³-hybridized carbons (Fsp3) is 0.400. The van der Waals surface area contributed by atoms with E-state index in [0.717, 1.165) is 12.8 Å². The molecule has 1 aliphatic rings. The summed E-state index contributed by atoms with van der Waals surface area (Å²) >= 11 is 0. The number of hydrogen-bond acceptors (Lipinski definition) is 3. The highest BCUT2D eigenvalue weighted by atomic mass is 32.2. The number of nitrogens with one attached hydrogen (secondary N) is 1. The van der Waals surface area contributed by atoms with Gasteiger partial charge in [-0.15, -0.1) is 0 Å². The number of rotatable bonds is 4. The van der Waals surface area contributed by atoms with Crippen molar-refractivity contribution in [2.24, 2.45) is 0 Å². The second-order valence-electron chi connectivity index (χ2n) is 3.70. The van der Waals surface area contributed by atoms with Gasteiger partial charge in [-0.2, -0.15) is 0 Å². The third-order valence-electron chi connectivity index (χ3n) is 2.29. The van der Waals surface area contributed by atoms with Crippen LogP contribution in [0.4, 0.5) is 0 Å². The molecule has 5 heteroatoms. The number of aliphatic hydroxyl groups is 1. The first-order valence-corrected chi connectivity index (χ1v) is 6.32. The third kappa shape index (κ3) is 2.56. The SMILES string of the molecule is O=S(=O)(NC1CC1)c1cccc(CO)c1. The summed E-state index contributed by atoms with van der Waals surface area (Å²) in [6, 6.07) is 6.45. The Balaban J connectivity index is 2.26. The van der Waals surface area contributed by atoms with Crippen LogP contribution in [-0.4, -0.2) is 19.6 Å². The lowest BCUT2D eigenvalue weighted by Crippen LogP contribution is -2.25. The average Bonchev–Trinajstić information content (AvgIpc) is 3.01. The van der Waals surface area contributed by atoms with E-state index >= 15 is 0 Å². The molecule has 1 fully saturated rings. The molecule has 0 saturated heterocycles. The van der Waals surface area contributed by atoms with Crippen LogP contribution < -0.4 is 4.72 Å². The van der Waals surface area contributed by atoms with Crippen molar-refractivity contribution in [3.8, 4) is 0 Å². The molecule has 0 amide bonds. The summed E-state index contributed by atoms with van der Waals surface area (Å²) < 4.78 is 26.1. The maximum absolute atomic E-state index is 11.8. The Morgan fingerprint density at radius 1 is 1.40 bits per heavy atom. The van der Waals surface area contributed by atoms with Crippen molar-refractivity contribution in [3.63, 3.8) is 0 Å². The first-order chi connectivity index (χ1) is 7.12. The minimum atomic E-state index is -3.39. The van der Waals surface area contributed by atoms with Gasteiger partial charge in [-0.05, 0) is 30.5 Å². The van der Waals surface area contributed by atoms with Gasteiger partial charge in [-0.25, -0.2) is 13.1 Å². The van der Waals surface area contributed by atoms with Gasteiger partial charge in [-0.1, -0.05) is 12.1 Å². The van der Waals surface area contributed by atoms with E-state index in [1.54, 1.807) is 12.1 Å². The molecule has 0 unspecified atom stereocenters. The van der Waals surface area contributed by atoms with E-state index < -0.39 is 10.0 Å². The van der Waals surface area contributed by atoms with Crippen LogP contribution in [0.3, 0.4) is 0 Å². The highest BCUT2D eigenvalue weighted by Gasteiger charge is 2.27. The van der Waals surface area contributed by atoms with Gasteiger partial charge >= 0.3 is 0 Å². The Bertz CT molecular complexity index is 451. The Labute approximate surface area is 89.0 Å². The molecular formula is C10H13NO3S. The molecule has 1 aliphatic carbocycles. The first kappa shape index (κ1) is 10.6. The van der Waals surface area contributed by atoms with Crippen LogP contribution in [0.15, 0.2) is 29.2 Å². The summed E-state index contributed by atoms with van der Waals surface area (Å²) in [6.45, 7) is -0.146. The maximum atomic E-state index is 11.8. The minimum absolute atomic E-state index is 0.104. The standard InChI is InChI=1S/C10H13NO3S/c12-7-8-2-1-3-10(6-8)15(13,14)11-9-4-5-9/h1-3,6,9,11-12H,4-5,7H2. The molecule has 1 saturated carbocycles. The number of hydrogen-bond donors (Lipinski definition) is 2. The predicted octanol–water partition coefficient (Wildman–Crippen LogP) is 0.620. The molecule has 4 nitrogen and oxygen atoms in total. The lowest BCUT2D eigenvalue weighted by molar-refractivity contribution is 0.281. The molecular weight excluding hydrogens is 214 g/mol. The van der Waals surface area contributed by atoms with Gasteiger partial charge in [0.2, 0.25) is 10.0 Å². The zero-order valence-corrected chi connectivity index (χ0v) is 9.00. The van der Waals surface area contributed by atoms with Crippen molar-refractivity contribution in [2.45, 2.75) is 30.4 Å². The molecule has 0 spiro atoms. The van der Waals surface area contributed by atoms with E-state index in [1.165, 1.54) is 12.1 Å². The van der Waals surface area contributed by atoms with E-state index in [1.807, 2.05) is 0 Å². The highest BCUT2D eigenvalue weighted by Crippen LogP contribution is 2.22. The van der Waals surface area contributed by atoms with Gasteiger partial charge in [-0.3, -0.25) is 0 Å².